The van der Waals surface area contributed by atoms with Gasteiger partial charge in [0.15, 0.2) is 0 Å². The molecule has 0 aliphatic heterocycles. The van der Waals surface area contributed by atoms with E-state index in [1.165, 1.54) is 0 Å². The summed E-state index contributed by atoms with van der Waals surface area (Å²) in [6.45, 7) is 2.38. The Bertz CT molecular complexity index is 875. The SMILES string of the molecule is Cc1ccccc1-c1cc(NC(=O)OCc2ccccc2)n(CCO)n1. The average molecular weight is 351 g/mol. The molecule has 6 nitrogen and oxygen atoms in total. The van der Waals surface area contributed by atoms with Crippen LogP contribution in [0.15, 0.2) is 60.7 Å². The molecule has 0 radical (unpaired) electrons. The minimum atomic E-state index is -0.565. The second-order valence-electron chi connectivity index (χ2n) is 5.86. The van der Waals surface area contributed by atoms with Crippen molar-refractivity contribution in [2.24, 2.45) is 0 Å². The topological polar surface area (TPSA) is 76.4 Å². The number of aliphatic hydroxyl groups excluding tert-OH is 1. The second-order valence-corrected chi connectivity index (χ2v) is 5.86. The first-order valence-corrected chi connectivity index (χ1v) is 8.40. The van der Waals surface area contributed by atoms with E-state index in [2.05, 4.69) is 10.4 Å². The van der Waals surface area contributed by atoms with Crippen LogP contribution >= 0.6 is 0 Å². The van der Waals surface area contributed by atoms with Crippen molar-refractivity contribution in [2.45, 2.75) is 20.1 Å². The standard InChI is InChI=1S/C20H21N3O3/c1-15-7-5-6-10-17(15)18-13-19(23(22-18)11-12-24)21-20(25)26-14-16-8-3-2-4-9-16/h2-10,13,24H,11-12,14H2,1H3,(H,21,25). The van der Waals surface area contributed by atoms with Crippen LogP contribution in [0.3, 0.4) is 0 Å². The molecule has 0 aliphatic carbocycles. The number of aryl methyl sites for hydroxylation is 1. The number of benzene rings is 2. The first kappa shape index (κ1) is 17.7. The number of anilines is 1. The zero-order valence-corrected chi connectivity index (χ0v) is 14.6. The summed E-state index contributed by atoms with van der Waals surface area (Å²) in [6.07, 6.45) is -0.565. The number of nitrogens with one attached hydrogen (secondary N) is 1. The molecule has 2 aromatic carbocycles. The third-order valence-electron chi connectivity index (χ3n) is 3.96. The number of carbonyl (C=O) groups is 1. The van der Waals surface area contributed by atoms with Crippen LogP contribution in [0.2, 0.25) is 0 Å². The minimum absolute atomic E-state index is 0.0807. The molecule has 3 rings (SSSR count). The van der Waals surface area contributed by atoms with Gasteiger partial charge in [-0.25, -0.2) is 9.48 Å². The van der Waals surface area contributed by atoms with Crippen LogP contribution < -0.4 is 5.32 Å². The highest BCUT2D eigenvalue weighted by Crippen LogP contribution is 2.25. The van der Waals surface area contributed by atoms with E-state index >= 15 is 0 Å². The smallest absolute Gasteiger partial charge is 0.413 e. The zero-order valence-electron chi connectivity index (χ0n) is 14.6. The lowest BCUT2D eigenvalue weighted by Crippen LogP contribution is -2.17. The molecular weight excluding hydrogens is 330 g/mol. The number of amides is 1. The van der Waals surface area contributed by atoms with Gasteiger partial charge in [0.1, 0.15) is 12.4 Å². The molecule has 134 valence electrons. The number of aromatic nitrogens is 2. The molecule has 1 amide bonds. The summed E-state index contributed by atoms with van der Waals surface area (Å²) >= 11 is 0. The minimum Gasteiger partial charge on any atom is -0.444 e. The van der Waals surface area contributed by atoms with E-state index in [1.54, 1.807) is 10.7 Å². The fourth-order valence-corrected chi connectivity index (χ4v) is 2.64. The fourth-order valence-electron chi connectivity index (χ4n) is 2.64. The normalized spacial score (nSPS) is 10.5. The summed E-state index contributed by atoms with van der Waals surface area (Å²) in [4.78, 5) is 12.1. The Hall–Kier alpha value is -3.12. The van der Waals surface area contributed by atoms with E-state index < -0.39 is 6.09 Å². The second kappa shape index (κ2) is 8.31. The number of hydrogen-bond acceptors (Lipinski definition) is 4. The highest BCUT2D eigenvalue weighted by atomic mass is 16.5. The lowest BCUT2D eigenvalue weighted by Gasteiger charge is -2.08. The highest BCUT2D eigenvalue weighted by Gasteiger charge is 2.14. The predicted molar refractivity (Wildman–Crippen MR) is 99.7 cm³/mol. The van der Waals surface area contributed by atoms with Crippen LogP contribution in [0, 0.1) is 6.92 Å². The molecule has 0 saturated heterocycles. The summed E-state index contributed by atoms with van der Waals surface area (Å²) in [5, 5.41) is 16.5. The summed E-state index contributed by atoms with van der Waals surface area (Å²) in [5.41, 5.74) is 3.70. The van der Waals surface area contributed by atoms with Gasteiger partial charge in [0.25, 0.3) is 0 Å². The zero-order chi connectivity index (χ0) is 18.4. The molecule has 0 unspecified atom stereocenters. The van der Waals surface area contributed by atoms with Crippen LogP contribution in [-0.2, 0) is 17.9 Å². The molecule has 2 N–H and O–H groups in total. The Labute approximate surface area is 152 Å². The van der Waals surface area contributed by atoms with Gasteiger partial charge in [-0.05, 0) is 18.1 Å². The van der Waals surface area contributed by atoms with Crippen LogP contribution in [-0.4, -0.2) is 27.6 Å². The Morgan fingerprint density at radius 1 is 1.15 bits per heavy atom. The third-order valence-corrected chi connectivity index (χ3v) is 3.96. The quantitative estimate of drug-likeness (QED) is 0.711. The van der Waals surface area contributed by atoms with Gasteiger partial charge in [0.05, 0.1) is 18.8 Å². The summed E-state index contributed by atoms with van der Waals surface area (Å²) in [7, 11) is 0. The molecule has 0 spiro atoms. The molecule has 26 heavy (non-hydrogen) atoms. The maximum absolute atomic E-state index is 12.1. The van der Waals surface area contributed by atoms with E-state index in [4.69, 9.17) is 4.74 Å². The highest BCUT2D eigenvalue weighted by molar-refractivity contribution is 5.84. The van der Waals surface area contributed by atoms with E-state index in [-0.39, 0.29) is 19.8 Å². The molecule has 0 bridgehead atoms. The summed E-state index contributed by atoms with van der Waals surface area (Å²) < 4.78 is 6.81. The Morgan fingerprint density at radius 2 is 1.88 bits per heavy atom. The lowest BCUT2D eigenvalue weighted by atomic mass is 10.1. The number of hydrogen-bond donors (Lipinski definition) is 2. The van der Waals surface area contributed by atoms with Crippen molar-refractivity contribution in [3.05, 3.63) is 71.8 Å². The third kappa shape index (κ3) is 4.29. The molecule has 0 saturated carbocycles. The van der Waals surface area contributed by atoms with Crippen LogP contribution in [0.4, 0.5) is 10.6 Å². The van der Waals surface area contributed by atoms with Gasteiger partial charge < -0.3 is 9.84 Å². The van der Waals surface area contributed by atoms with Crippen LogP contribution in [0.1, 0.15) is 11.1 Å². The summed E-state index contributed by atoms with van der Waals surface area (Å²) in [6, 6.07) is 19.1. The largest absolute Gasteiger partial charge is 0.444 e. The van der Waals surface area contributed by atoms with Crippen molar-refractivity contribution in [1.29, 1.82) is 0 Å². The van der Waals surface area contributed by atoms with Crippen molar-refractivity contribution in [2.75, 3.05) is 11.9 Å². The van der Waals surface area contributed by atoms with Crippen molar-refractivity contribution in [1.82, 2.24) is 9.78 Å². The van der Waals surface area contributed by atoms with Crippen LogP contribution in [0.5, 0.6) is 0 Å². The number of aliphatic hydroxyl groups is 1. The van der Waals surface area contributed by atoms with Gasteiger partial charge in [-0.1, -0.05) is 54.6 Å². The van der Waals surface area contributed by atoms with Crippen LogP contribution in [0.25, 0.3) is 11.3 Å². The summed E-state index contributed by atoms with van der Waals surface area (Å²) in [5.74, 6) is 0.482. The van der Waals surface area contributed by atoms with Gasteiger partial charge in [0, 0.05) is 11.6 Å². The molecule has 0 aliphatic rings. The Kier molecular flexibility index (Phi) is 5.66. The monoisotopic (exact) mass is 351 g/mol. The van der Waals surface area contributed by atoms with Gasteiger partial charge in [-0.2, -0.15) is 5.10 Å². The van der Waals surface area contributed by atoms with E-state index in [1.807, 2.05) is 61.5 Å². The van der Waals surface area contributed by atoms with Crippen molar-refractivity contribution < 1.29 is 14.6 Å². The van der Waals surface area contributed by atoms with Gasteiger partial charge in [-0.15, -0.1) is 0 Å². The fraction of sp³-hybridized carbons (Fsp3) is 0.200. The molecule has 0 atom stereocenters. The van der Waals surface area contributed by atoms with Gasteiger partial charge in [-0.3, -0.25) is 5.32 Å². The lowest BCUT2D eigenvalue weighted by molar-refractivity contribution is 0.154. The average Bonchev–Trinajstić information content (AvgIpc) is 3.04. The van der Waals surface area contributed by atoms with Gasteiger partial charge in [0.2, 0.25) is 0 Å². The maximum atomic E-state index is 12.1. The Balaban J connectivity index is 1.74. The number of nitrogens with zero attached hydrogens (tertiary/aromatic N) is 2. The number of ether oxygens (including phenoxy) is 1. The molecule has 1 heterocycles. The predicted octanol–water partition coefficient (Wildman–Crippen LogP) is 3.60. The maximum Gasteiger partial charge on any atom is 0.413 e. The van der Waals surface area contributed by atoms with Crippen molar-refractivity contribution >= 4 is 11.9 Å². The first-order chi connectivity index (χ1) is 12.7. The molecule has 3 aromatic rings. The van der Waals surface area contributed by atoms with E-state index in [0.717, 1.165) is 22.4 Å². The first-order valence-electron chi connectivity index (χ1n) is 8.40. The molecule has 0 fully saturated rings. The van der Waals surface area contributed by atoms with E-state index in [0.29, 0.717) is 5.82 Å². The number of carbonyl (C=O) groups excluding carboxylic acids is 1. The van der Waals surface area contributed by atoms with E-state index in [9.17, 15) is 9.90 Å². The molecule has 1 aromatic heterocycles. The molecular formula is C20H21N3O3. The van der Waals surface area contributed by atoms with Gasteiger partial charge >= 0.3 is 6.09 Å². The van der Waals surface area contributed by atoms with Crippen molar-refractivity contribution in [3.8, 4) is 11.3 Å². The van der Waals surface area contributed by atoms with Crippen molar-refractivity contribution in [3.63, 3.8) is 0 Å². The Morgan fingerprint density at radius 3 is 2.62 bits per heavy atom. The number of rotatable bonds is 6. The molecule has 6 heteroatoms.